The summed E-state index contributed by atoms with van der Waals surface area (Å²) in [4.78, 5) is 0. The molecule has 0 aromatic carbocycles. The fraction of sp³-hybridized carbons (Fsp3) is 1.00. The van der Waals surface area contributed by atoms with Crippen LogP contribution in [0.15, 0.2) is 0 Å². The zero-order valence-corrected chi connectivity index (χ0v) is 11.1. The van der Waals surface area contributed by atoms with E-state index in [9.17, 15) is 5.11 Å². The summed E-state index contributed by atoms with van der Waals surface area (Å²) in [6.45, 7) is 9.56. The third-order valence-electron chi connectivity index (χ3n) is 3.04. The molecule has 1 N–H and O–H groups in total. The molecule has 5 nitrogen and oxygen atoms in total. The SMILES string of the molecule is C[C@@H](O)[C@H]1OC(C)(C)O[C@H]1[C@H]1COC(C)(C)O1. The Bertz CT molecular complexity index is 287. The van der Waals surface area contributed by atoms with Crippen molar-refractivity contribution in [3.8, 4) is 0 Å². The molecule has 0 unspecified atom stereocenters. The predicted molar refractivity (Wildman–Crippen MR) is 60.4 cm³/mol. The molecular weight excluding hydrogens is 224 g/mol. The highest BCUT2D eigenvalue weighted by molar-refractivity contribution is 4.92. The largest absolute Gasteiger partial charge is 0.391 e. The predicted octanol–water partition coefficient (Wildman–Crippen LogP) is 1.04. The van der Waals surface area contributed by atoms with Gasteiger partial charge in [-0.25, -0.2) is 0 Å². The van der Waals surface area contributed by atoms with E-state index in [0.29, 0.717) is 6.61 Å². The van der Waals surface area contributed by atoms with Crippen molar-refractivity contribution < 1.29 is 24.1 Å². The van der Waals surface area contributed by atoms with E-state index >= 15 is 0 Å². The smallest absolute Gasteiger partial charge is 0.164 e. The van der Waals surface area contributed by atoms with E-state index < -0.39 is 17.7 Å². The number of aliphatic hydroxyl groups excluding tert-OH is 1. The van der Waals surface area contributed by atoms with Gasteiger partial charge in [0.25, 0.3) is 0 Å². The Morgan fingerprint density at radius 3 is 2.18 bits per heavy atom. The molecular formula is C12H22O5. The zero-order chi connectivity index (χ0) is 12.8. The summed E-state index contributed by atoms with van der Waals surface area (Å²) in [5.74, 6) is -1.29. The van der Waals surface area contributed by atoms with Crippen molar-refractivity contribution in [1.82, 2.24) is 0 Å². The second kappa shape index (κ2) is 4.17. The van der Waals surface area contributed by atoms with Crippen LogP contribution in [0, 0.1) is 0 Å². The second-order valence-corrected chi connectivity index (χ2v) is 5.67. The van der Waals surface area contributed by atoms with Crippen molar-refractivity contribution in [2.45, 2.75) is 70.6 Å². The highest BCUT2D eigenvalue weighted by Crippen LogP contribution is 2.36. The van der Waals surface area contributed by atoms with Gasteiger partial charge in [-0.1, -0.05) is 0 Å². The monoisotopic (exact) mass is 246 g/mol. The van der Waals surface area contributed by atoms with Crippen molar-refractivity contribution in [2.75, 3.05) is 6.61 Å². The van der Waals surface area contributed by atoms with Crippen LogP contribution in [0.1, 0.15) is 34.6 Å². The van der Waals surface area contributed by atoms with Gasteiger partial charge in [0, 0.05) is 0 Å². The minimum Gasteiger partial charge on any atom is -0.391 e. The Balaban J connectivity index is 2.09. The van der Waals surface area contributed by atoms with Gasteiger partial charge in [0.05, 0.1) is 12.7 Å². The molecule has 5 heteroatoms. The maximum atomic E-state index is 9.74. The summed E-state index contributed by atoms with van der Waals surface area (Å²) in [7, 11) is 0. The van der Waals surface area contributed by atoms with Crippen molar-refractivity contribution >= 4 is 0 Å². The van der Waals surface area contributed by atoms with Crippen LogP contribution in [0.5, 0.6) is 0 Å². The van der Waals surface area contributed by atoms with Gasteiger partial charge in [-0.05, 0) is 34.6 Å². The average Bonchev–Trinajstić information content (AvgIpc) is 2.66. The van der Waals surface area contributed by atoms with Gasteiger partial charge in [-0.15, -0.1) is 0 Å². The van der Waals surface area contributed by atoms with E-state index in [0.717, 1.165) is 0 Å². The van der Waals surface area contributed by atoms with Gasteiger partial charge in [-0.2, -0.15) is 0 Å². The van der Waals surface area contributed by atoms with Crippen molar-refractivity contribution in [2.24, 2.45) is 0 Å². The second-order valence-electron chi connectivity index (χ2n) is 5.67. The minimum absolute atomic E-state index is 0.202. The number of hydrogen-bond donors (Lipinski definition) is 1. The lowest BCUT2D eigenvalue weighted by atomic mass is 10.0. The van der Waals surface area contributed by atoms with Crippen molar-refractivity contribution in [3.63, 3.8) is 0 Å². The molecule has 100 valence electrons. The van der Waals surface area contributed by atoms with Crippen LogP contribution in [-0.4, -0.2) is 47.7 Å². The molecule has 17 heavy (non-hydrogen) atoms. The van der Waals surface area contributed by atoms with E-state index in [2.05, 4.69) is 0 Å². The molecule has 0 amide bonds. The average molecular weight is 246 g/mol. The lowest BCUT2D eigenvalue weighted by Crippen LogP contribution is -2.42. The quantitative estimate of drug-likeness (QED) is 0.789. The van der Waals surface area contributed by atoms with Gasteiger partial charge in [0.1, 0.15) is 18.3 Å². The van der Waals surface area contributed by atoms with E-state index in [1.807, 2.05) is 27.7 Å². The third-order valence-corrected chi connectivity index (χ3v) is 3.04. The maximum Gasteiger partial charge on any atom is 0.164 e. The van der Waals surface area contributed by atoms with Gasteiger partial charge in [0.15, 0.2) is 11.6 Å². The van der Waals surface area contributed by atoms with Crippen LogP contribution in [0.4, 0.5) is 0 Å². The van der Waals surface area contributed by atoms with Crippen LogP contribution in [0.3, 0.4) is 0 Å². The van der Waals surface area contributed by atoms with Crippen molar-refractivity contribution in [3.05, 3.63) is 0 Å². The highest BCUT2D eigenvalue weighted by Gasteiger charge is 2.51. The van der Waals surface area contributed by atoms with E-state index in [1.54, 1.807) is 6.92 Å². The number of aliphatic hydroxyl groups is 1. The van der Waals surface area contributed by atoms with Crippen LogP contribution >= 0.6 is 0 Å². The first-order chi connectivity index (χ1) is 7.70. The molecule has 4 atom stereocenters. The molecule has 0 saturated carbocycles. The standard InChI is InChI=1S/C12H22O5/c1-7(13)9-10(17-12(4,5)16-9)8-6-14-11(2,3)15-8/h7-10,13H,6H2,1-5H3/t7-,8-,9-,10+/m1/s1. The lowest BCUT2D eigenvalue weighted by Gasteiger charge is -2.24. The Morgan fingerprint density at radius 2 is 1.71 bits per heavy atom. The normalized spacial score (nSPS) is 41.6. The minimum atomic E-state index is -0.692. The van der Waals surface area contributed by atoms with E-state index in [4.69, 9.17) is 18.9 Å². The molecule has 0 radical (unpaired) electrons. The van der Waals surface area contributed by atoms with Crippen LogP contribution < -0.4 is 0 Å². The van der Waals surface area contributed by atoms with Crippen LogP contribution in [0.25, 0.3) is 0 Å². The molecule has 0 aromatic rings. The highest BCUT2D eigenvalue weighted by atomic mass is 16.8. The molecule has 2 heterocycles. The molecule has 2 rings (SSSR count). The number of rotatable bonds is 2. The molecule has 0 aromatic heterocycles. The Labute approximate surface area is 102 Å². The molecule has 2 aliphatic heterocycles. The Morgan fingerprint density at radius 1 is 1.06 bits per heavy atom. The van der Waals surface area contributed by atoms with E-state index in [-0.39, 0.29) is 18.3 Å². The summed E-state index contributed by atoms with van der Waals surface area (Å²) in [5.41, 5.74) is 0. The molecule has 2 saturated heterocycles. The Kier molecular flexibility index (Phi) is 3.25. The van der Waals surface area contributed by atoms with E-state index in [1.165, 1.54) is 0 Å². The topological polar surface area (TPSA) is 57.2 Å². The van der Waals surface area contributed by atoms with Crippen LogP contribution in [-0.2, 0) is 18.9 Å². The fourth-order valence-corrected chi connectivity index (χ4v) is 2.36. The summed E-state index contributed by atoms with van der Waals surface area (Å²) in [6.07, 6.45) is -1.49. The molecule has 0 spiro atoms. The van der Waals surface area contributed by atoms with Gasteiger partial charge < -0.3 is 24.1 Å². The van der Waals surface area contributed by atoms with Gasteiger partial charge >= 0.3 is 0 Å². The molecule has 2 fully saturated rings. The molecule has 2 aliphatic rings. The first-order valence-electron chi connectivity index (χ1n) is 6.06. The lowest BCUT2D eigenvalue weighted by molar-refractivity contribution is -0.175. The van der Waals surface area contributed by atoms with Gasteiger partial charge in [0.2, 0.25) is 0 Å². The number of hydrogen-bond acceptors (Lipinski definition) is 5. The fourth-order valence-electron chi connectivity index (χ4n) is 2.36. The van der Waals surface area contributed by atoms with Gasteiger partial charge in [-0.3, -0.25) is 0 Å². The maximum absolute atomic E-state index is 9.74. The molecule has 0 aliphatic carbocycles. The summed E-state index contributed by atoms with van der Waals surface area (Å²) >= 11 is 0. The first-order valence-corrected chi connectivity index (χ1v) is 6.06. The molecule has 0 bridgehead atoms. The third kappa shape index (κ3) is 2.80. The summed E-state index contributed by atoms with van der Waals surface area (Å²) in [5, 5.41) is 9.74. The Hall–Kier alpha value is -0.200. The number of ether oxygens (including phenoxy) is 4. The summed E-state index contributed by atoms with van der Waals surface area (Å²) in [6, 6.07) is 0. The first kappa shape index (κ1) is 13.2. The van der Waals surface area contributed by atoms with Crippen LogP contribution in [0.2, 0.25) is 0 Å². The van der Waals surface area contributed by atoms with Crippen molar-refractivity contribution in [1.29, 1.82) is 0 Å². The zero-order valence-electron chi connectivity index (χ0n) is 11.1. The summed E-state index contributed by atoms with van der Waals surface area (Å²) < 4.78 is 22.8.